The topological polar surface area (TPSA) is 42.0 Å². The van der Waals surface area contributed by atoms with Gasteiger partial charge in [0.25, 0.3) is 5.91 Å². The predicted octanol–water partition coefficient (Wildman–Crippen LogP) is 2.94. The fourth-order valence-corrected chi connectivity index (χ4v) is 2.39. The molecule has 3 nitrogen and oxygen atoms in total. The van der Waals surface area contributed by atoms with Gasteiger partial charge in [0, 0.05) is 5.54 Å². The summed E-state index contributed by atoms with van der Waals surface area (Å²) in [5, 5.41) is 2.94. The van der Waals surface area contributed by atoms with Gasteiger partial charge in [-0.05, 0) is 25.8 Å². The first kappa shape index (κ1) is 12.3. The molecule has 1 aliphatic rings. The van der Waals surface area contributed by atoms with Crippen LogP contribution in [0.4, 0.5) is 4.39 Å². The van der Waals surface area contributed by atoms with Crippen LogP contribution in [0.3, 0.4) is 0 Å². The summed E-state index contributed by atoms with van der Waals surface area (Å²) in [6, 6.07) is 1.11. The van der Waals surface area contributed by atoms with Gasteiger partial charge in [0.1, 0.15) is 11.0 Å². The lowest BCUT2D eigenvalue weighted by Crippen LogP contribution is -2.43. The standard InChI is InChI=1S/C12H14ClFN2O/c1-12(4-2-3-5-12)16-11(17)9-6-8(14)7-15-10(9)13/h6-7H,2-5H2,1H3,(H,16,17). The van der Waals surface area contributed by atoms with E-state index in [-0.39, 0.29) is 22.2 Å². The van der Waals surface area contributed by atoms with E-state index in [1.807, 2.05) is 6.92 Å². The molecule has 92 valence electrons. The minimum Gasteiger partial charge on any atom is -0.347 e. The molecule has 1 amide bonds. The van der Waals surface area contributed by atoms with E-state index >= 15 is 0 Å². The summed E-state index contributed by atoms with van der Waals surface area (Å²) >= 11 is 5.78. The molecule has 1 aromatic rings. The van der Waals surface area contributed by atoms with Crippen LogP contribution in [-0.4, -0.2) is 16.4 Å². The van der Waals surface area contributed by atoms with Crippen LogP contribution in [-0.2, 0) is 0 Å². The second-order valence-electron chi connectivity index (χ2n) is 4.71. The second-order valence-corrected chi connectivity index (χ2v) is 5.07. The number of nitrogens with one attached hydrogen (secondary N) is 1. The third-order valence-electron chi connectivity index (χ3n) is 3.17. The van der Waals surface area contributed by atoms with Crippen LogP contribution in [0.25, 0.3) is 0 Å². The Labute approximate surface area is 104 Å². The molecular formula is C12H14ClFN2O. The molecule has 5 heteroatoms. The van der Waals surface area contributed by atoms with E-state index < -0.39 is 5.82 Å². The van der Waals surface area contributed by atoms with Crippen molar-refractivity contribution in [2.75, 3.05) is 0 Å². The summed E-state index contributed by atoms with van der Waals surface area (Å²) in [4.78, 5) is 15.6. The molecule has 0 atom stereocenters. The number of pyridine rings is 1. The first-order valence-electron chi connectivity index (χ1n) is 5.64. The highest BCUT2D eigenvalue weighted by Crippen LogP contribution is 2.29. The first-order chi connectivity index (χ1) is 8.00. The molecule has 1 fully saturated rings. The zero-order valence-corrected chi connectivity index (χ0v) is 10.4. The Morgan fingerprint density at radius 3 is 2.82 bits per heavy atom. The van der Waals surface area contributed by atoms with E-state index in [1.54, 1.807) is 0 Å². The number of amides is 1. The van der Waals surface area contributed by atoms with Gasteiger partial charge in [-0.25, -0.2) is 9.37 Å². The van der Waals surface area contributed by atoms with E-state index in [0.29, 0.717) is 0 Å². The predicted molar refractivity (Wildman–Crippen MR) is 63.5 cm³/mol. The van der Waals surface area contributed by atoms with Crippen LogP contribution in [0, 0.1) is 5.82 Å². The van der Waals surface area contributed by atoms with Crippen molar-refractivity contribution < 1.29 is 9.18 Å². The van der Waals surface area contributed by atoms with Crippen molar-refractivity contribution in [3.8, 4) is 0 Å². The number of halogens is 2. The highest BCUT2D eigenvalue weighted by atomic mass is 35.5. The maximum Gasteiger partial charge on any atom is 0.254 e. The summed E-state index contributed by atoms with van der Waals surface area (Å²) < 4.78 is 13.0. The Morgan fingerprint density at radius 1 is 1.53 bits per heavy atom. The average Bonchev–Trinajstić information content (AvgIpc) is 2.68. The first-order valence-corrected chi connectivity index (χ1v) is 6.01. The van der Waals surface area contributed by atoms with E-state index in [1.165, 1.54) is 0 Å². The van der Waals surface area contributed by atoms with Crippen molar-refractivity contribution in [3.63, 3.8) is 0 Å². The van der Waals surface area contributed by atoms with Gasteiger partial charge in [-0.1, -0.05) is 24.4 Å². The summed E-state index contributed by atoms with van der Waals surface area (Å²) in [7, 11) is 0. The van der Waals surface area contributed by atoms with Crippen LogP contribution in [0.15, 0.2) is 12.3 Å². The van der Waals surface area contributed by atoms with E-state index in [2.05, 4.69) is 10.3 Å². The van der Waals surface area contributed by atoms with Crippen LogP contribution < -0.4 is 5.32 Å². The average molecular weight is 257 g/mol. The lowest BCUT2D eigenvalue weighted by molar-refractivity contribution is 0.0907. The minimum absolute atomic E-state index is 0.0329. The summed E-state index contributed by atoms with van der Waals surface area (Å²) in [6.45, 7) is 2.00. The van der Waals surface area contributed by atoms with Gasteiger partial charge >= 0.3 is 0 Å². The number of hydrogen-bond donors (Lipinski definition) is 1. The molecule has 1 N–H and O–H groups in total. The maximum atomic E-state index is 13.0. The smallest absolute Gasteiger partial charge is 0.254 e. The summed E-state index contributed by atoms with van der Waals surface area (Å²) in [5.41, 5.74) is -0.105. The monoisotopic (exact) mass is 256 g/mol. The number of rotatable bonds is 2. The minimum atomic E-state index is -0.559. The van der Waals surface area contributed by atoms with Crippen LogP contribution in [0.1, 0.15) is 43.0 Å². The maximum absolute atomic E-state index is 13.0. The fourth-order valence-electron chi connectivity index (χ4n) is 2.20. The van der Waals surface area contributed by atoms with Crippen molar-refractivity contribution in [2.24, 2.45) is 0 Å². The van der Waals surface area contributed by atoms with Crippen molar-refractivity contribution in [1.29, 1.82) is 0 Å². The van der Waals surface area contributed by atoms with Crippen LogP contribution in [0.2, 0.25) is 5.15 Å². The molecular weight excluding hydrogens is 243 g/mol. The van der Waals surface area contributed by atoms with Crippen molar-refractivity contribution >= 4 is 17.5 Å². The van der Waals surface area contributed by atoms with Gasteiger partial charge in [-0.2, -0.15) is 0 Å². The van der Waals surface area contributed by atoms with Crippen molar-refractivity contribution in [3.05, 3.63) is 28.8 Å². The second kappa shape index (κ2) is 4.61. The normalized spacial score (nSPS) is 18.1. The Kier molecular flexibility index (Phi) is 3.33. The van der Waals surface area contributed by atoms with Gasteiger partial charge in [0.2, 0.25) is 0 Å². The van der Waals surface area contributed by atoms with Gasteiger partial charge in [-0.15, -0.1) is 0 Å². The molecule has 0 unspecified atom stereocenters. The molecule has 0 aromatic carbocycles. The molecule has 1 aliphatic carbocycles. The Hall–Kier alpha value is -1.16. The van der Waals surface area contributed by atoms with E-state index in [0.717, 1.165) is 37.9 Å². The molecule has 0 spiro atoms. The number of carbonyl (C=O) groups excluding carboxylic acids is 1. The third kappa shape index (κ3) is 2.75. The largest absolute Gasteiger partial charge is 0.347 e. The zero-order chi connectivity index (χ0) is 12.5. The number of hydrogen-bond acceptors (Lipinski definition) is 2. The quantitative estimate of drug-likeness (QED) is 0.827. The van der Waals surface area contributed by atoms with Crippen LogP contribution in [0.5, 0.6) is 0 Å². The fraction of sp³-hybridized carbons (Fsp3) is 0.500. The molecule has 0 saturated heterocycles. The van der Waals surface area contributed by atoms with Gasteiger partial charge in [-0.3, -0.25) is 4.79 Å². The molecule has 1 aromatic heterocycles. The van der Waals surface area contributed by atoms with Crippen molar-refractivity contribution in [2.45, 2.75) is 38.1 Å². The van der Waals surface area contributed by atoms with Gasteiger partial charge in [0.15, 0.2) is 0 Å². The lowest BCUT2D eigenvalue weighted by atomic mass is 10.0. The molecule has 1 saturated carbocycles. The van der Waals surface area contributed by atoms with Crippen LogP contribution >= 0.6 is 11.6 Å². The number of carbonyl (C=O) groups is 1. The molecule has 0 bridgehead atoms. The van der Waals surface area contributed by atoms with E-state index in [4.69, 9.17) is 11.6 Å². The SMILES string of the molecule is CC1(NC(=O)c2cc(F)cnc2Cl)CCCC1. The molecule has 17 heavy (non-hydrogen) atoms. The summed E-state index contributed by atoms with van der Waals surface area (Å²) in [6.07, 6.45) is 5.09. The molecule has 1 heterocycles. The Balaban J connectivity index is 2.17. The molecule has 0 aliphatic heterocycles. The van der Waals surface area contributed by atoms with Gasteiger partial charge < -0.3 is 5.32 Å². The number of nitrogens with zero attached hydrogens (tertiary/aromatic N) is 1. The Bertz CT molecular complexity index is 444. The third-order valence-corrected chi connectivity index (χ3v) is 3.47. The summed E-state index contributed by atoms with van der Waals surface area (Å²) in [5.74, 6) is -0.914. The van der Waals surface area contributed by atoms with Gasteiger partial charge in [0.05, 0.1) is 11.8 Å². The van der Waals surface area contributed by atoms with Crippen molar-refractivity contribution in [1.82, 2.24) is 10.3 Å². The highest BCUT2D eigenvalue weighted by Gasteiger charge is 2.31. The lowest BCUT2D eigenvalue weighted by Gasteiger charge is -2.25. The number of aromatic nitrogens is 1. The Morgan fingerprint density at radius 2 is 2.18 bits per heavy atom. The highest BCUT2D eigenvalue weighted by molar-refractivity contribution is 6.32. The zero-order valence-electron chi connectivity index (χ0n) is 9.59. The molecule has 0 radical (unpaired) electrons. The molecule has 2 rings (SSSR count). The van der Waals surface area contributed by atoms with E-state index in [9.17, 15) is 9.18 Å².